The molecule has 0 aliphatic carbocycles. The summed E-state index contributed by atoms with van der Waals surface area (Å²) in [6.45, 7) is 5.09. The van der Waals surface area contributed by atoms with E-state index in [2.05, 4.69) is 5.32 Å². The van der Waals surface area contributed by atoms with Crippen molar-refractivity contribution in [1.29, 1.82) is 0 Å². The molecule has 2 rings (SSSR count). The second-order valence-corrected chi connectivity index (χ2v) is 11.0. The first-order valence-corrected chi connectivity index (χ1v) is 13.5. The fraction of sp³-hybridized carbons (Fsp3) is 0.462. The first-order chi connectivity index (χ1) is 17.4. The summed E-state index contributed by atoms with van der Waals surface area (Å²) in [5, 5.41) is 2.92. The van der Waals surface area contributed by atoms with E-state index in [4.69, 9.17) is 4.74 Å². The summed E-state index contributed by atoms with van der Waals surface area (Å²) in [6.07, 6.45) is 1.03. The van der Waals surface area contributed by atoms with E-state index in [1.54, 1.807) is 31.2 Å². The summed E-state index contributed by atoms with van der Waals surface area (Å²) in [4.78, 5) is 28.4. The molecule has 0 fully saturated rings. The van der Waals surface area contributed by atoms with Gasteiger partial charge in [-0.25, -0.2) is 8.70 Å². The molecule has 2 atom stereocenters. The van der Waals surface area contributed by atoms with Crippen LogP contribution in [0.15, 0.2) is 48.5 Å². The number of benzene rings is 2. The highest BCUT2D eigenvalue weighted by Gasteiger charge is 2.34. The maximum Gasteiger partial charge on any atom is 0.304 e. The molecule has 0 radical (unpaired) electrons. The molecule has 2 amide bonds. The van der Waals surface area contributed by atoms with Crippen LogP contribution in [0.4, 0.5) is 10.1 Å². The summed E-state index contributed by atoms with van der Waals surface area (Å²) in [6, 6.07) is 11.0. The molecule has 2 aromatic rings. The van der Waals surface area contributed by atoms with E-state index in [0.717, 1.165) is 20.7 Å². The second kappa shape index (κ2) is 13.4. The summed E-state index contributed by atoms with van der Waals surface area (Å²) in [7, 11) is 0.106. The smallest absolute Gasteiger partial charge is 0.304 e. The number of carbonyl (C=O) groups is 2. The predicted molar refractivity (Wildman–Crippen MR) is 142 cm³/mol. The van der Waals surface area contributed by atoms with Gasteiger partial charge in [0.1, 0.15) is 24.2 Å². The van der Waals surface area contributed by atoms with E-state index in [-0.39, 0.29) is 24.2 Å². The van der Waals surface area contributed by atoms with Gasteiger partial charge in [-0.3, -0.25) is 9.59 Å². The minimum Gasteiger partial charge on any atom is -0.497 e. The minimum atomic E-state index is -4.12. The highest BCUT2D eigenvalue weighted by atomic mass is 32.2. The molecule has 0 spiro atoms. The van der Waals surface area contributed by atoms with Crippen LogP contribution in [-0.2, 0) is 26.3 Å². The highest BCUT2D eigenvalue weighted by molar-refractivity contribution is 7.90. The second-order valence-electron chi connectivity index (χ2n) is 8.89. The van der Waals surface area contributed by atoms with E-state index in [1.165, 1.54) is 38.2 Å². The maximum absolute atomic E-state index is 13.8. The van der Waals surface area contributed by atoms with E-state index < -0.39 is 34.5 Å². The fourth-order valence-electron chi connectivity index (χ4n) is 3.65. The molecule has 0 heterocycles. The van der Waals surface area contributed by atoms with Crippen molar-refractivity contribution in [3.63, 3.8) is 0 Å². The van der Waals surface area contributed by atoms with Gasteiger partial charge in [-0.05, 0) is 61.7 Å². The lowest BCUT2D eigenvalue weighted by atomic mass is 10.1. The standard InChI is InChI=1S/C26H37FN4O5S/c1-7-19(3)28-26(33)24(8-2)30(17-20-10-9-11-23(16-20)36-6)25(32)18-31(37(34,35)29(4)5)22-14-12-21(27)13-15-22/h9-16,19,24H,7-8,17-18H2,1-6H3,(H,28,33)/t19-,24+/m1/s1. The normalized spacial score (nSPS) is 13.1. The molecule has 204 valence electrons. The van der Waals surface area contributed by atoms with Crippen LogP contribution in [0.5, 0.6) is 5.75 Å². The Labute approximate surface area is 219 Å². The predicted octanol–water partition coefficient (Wildman–Crippen LogP) is 3.17. The van der Waals surface area contributed by atoms with Gasteiger partial charge in [0.05, 0.1) is 12.8 Å². The van der Waals surface area contributed by atoms with Crippen molar-refractivity contribution in [3.05, 3.63) is 59.9 Å². The Hall–Kier alpha value is -3.18. The van der Waals surface area contributed by atoms with Crippen molar-refractivity contribution in [2.75, 3.05) is 32.1 Å². The van der Waals surface area contributed by atoms with Crippen molar-refractivity contribution in [2.24, 2.45) is 0 Å². The Balaban J connectivity index is 2.51. The number of amides is 2. The molecule has 37 heavy (non-hydrogen) atoms. The number of methoxy groups -OCH3 is 1. The molecule has 0 saturated heterocycles. The van der Waals surface area contributed by atoms with Gasteiger partial charge in [0.2, 0.25) is 11.8 Å². The van der Waals surface area contributed by atoms with Crippen molar-refractivity contribution >= 4 is 27.7 Å². The lowest BCUT2D eigenvalue weighted by Crippen LogP contribution is -2.54. The number of nitrogens with zero attached hydrogens (tertiary/aromatic N) is 3. The quantitative estimate of drug-likeness (QED) is 0.424. The summed E-state index contributed by atoms with van der Waals surface area (Å²) in [5.74, 6) is -0.851. The molecule has 2 aromatic carbocycles. The lowest BCUT2D eigenvalue weighted by Gasteiger charge is -2.34. The zero-order valence-electron chi connectivity index (χ0n) is 22.3. The molecule has 11 heteroatoms. The number of halogens is 1. The van der Waals surface area contributed by atoms with Gasteiger partial charge in [-0.2, -0.15) is 12.7 Å². The van der Waals surface area contributed by atoms with Gasteiger partial charge in [0, 0.05) is 26.7 Å². The molecule has 1 N–H and O–H groups in total. The number of hydrogen-bond donors (Lipinski definition) is 1. The van der Waals surface area contributed by atoms with Crippen LogP contribution in [-0.4, -0.2) is 69.3 Å². The number of anilines is 1. The van der Waals surface area contributed by atoms with Crippen LogP contribution in [0.1, 0.15) is 39.2 Å². The molecule has 0 bridgehead atoms. The van der Waals surface area contributed by atoms with Crippen molar-refractivity contribution in [3.8, 4) is 5.75 Å². The Bertz CT molecular complexity index is 1160. The van der Waals surface area contributed by atoms with Gasteiger partial charge in [-0.1, -0.05) is 26.0 Å². The average molecular weight is 537 g/mol. The Morgan fingerprint density at radius 3 is 2.24 bits per heavy atom. The fourth-order valence-corrected chi connectivity index (χ4v) is 4.71. The molecule has 0 saturated carbocycles. The molecular formula is C26H37FN4O5S. The Kier molecular flexibility index (Phi) is 10.9. The number of ether oxygens (including phenoxy) is 1. The van der Waals surface area contributed by atoms with E-state index >= 15 is 0 Å². The Morgan fingerprint density at radius 1 is 1.05 bits per heavy atom. The van der Waals surface area contributed by atoms with E-state index in [9.17, 15) is 22.4 Å². The topological polar surface area (TPSA) is 99.3 Å². The van der Waals surface area contributed by atoms with Crippen LogP contribution in [0, 0.1) is 5.82 Å². The van der Waals surface area contributed by atoms with E-state index in [1.807, 2.05) is 13.8 Å². The first-order valence-electron chi connectivity index (χ1n) is 12.1. The Morgan fingerprint density at radius 2 is 1.70 bits per heavy atom. The van der Waals surface area contributed by atoms with Crippen LogP contribution < -0.4 is 14.4 Å². The van der Waals surface area contributed by atoms with Gasteiger partial charge < -0.3 is 15.0 Å². The minimum absolute atomic E-state index is 0.0573. The summed E-state index contributed by atoms with van der Waals surface area (Å²) in [5.41, 5.74) is 0.841. The van der Waals surface area contributed by atoms with Crippen molar-refractivity contribution in [1.82, 2.24) is 14.5 Å². The van der Waals surface area contributed by atoms with Crippen LogP contribution in [0.2, 0.25) is 0 Å². The molecule has 0 unspecified atom stereocenters. The van der Waals surface area contributed by atoms with Crippen LogP contribution in [0.25, 0.3) is 0 Å². The lowest BCUT2D eigenvalue weighted by molar-refractivity contribution is -0.140. The third kappa shape index (κ3) is 7.90. The third-order valence-corrected chi connectivity index (χ3v) is 7.83. The maximum atomic E-state index is 13.8. The number of hydrogen-bond acceptors (Lipinski definition) is 5. The SMILES string of the molecule is CC[C@@H](C)NC(=O)[C@H](CC)N(Cc1cccc(OC)c1)C(=O)CN(c1ccc(F)cc1)S(=O)(=O)N(C)C. The van der Waals surface area contributed by atoms with Crippen molar-refractivity contribution < 1.29 is 27.1 Å². The van der Waals surface area contributed by atoms with Gasteiger partial charge in [0.15, 0.2) is 0 Å². The largest absolute Gasteiger partial charge is 0.497 e. The summed E-state index contributed by atoms with van der Waals surface area (Å²) >= 11 is 0. The monoisotopic (exact) mass is 536 g/mol. The van der Waals surface area contributed by atoms with Gasteiger partial charge in [0.25, 0.3) is 0 Å². The zero-order chi connectivity index (χ0) is 27.8. The number of rotatable bonds is 13. The van der Waals surface area contributed by atoms with Crippen LogP contribution in [0.3, 0.4) is 0 Å². The molecule has 0 aliphatic heterocycles. The summed E-state index contributed by atoms with van der Waals surface area (Å²) < 4.78 is 47.1. The molecule has 0 aliphatic rings. The van der Waals surface area contributed by atoms with Crippen molar-refractivity contribution in [2.45, 2.75) is 52.2 Å². The van der Waals surface area contributed by atoms with Crippen LogP contribution >= 0.6 is 0 Å². The van der Waals surface area contributed by atoms with Gasteiger partial charge >= 0.3 is 10.2 Å². The zero-order valence-corrected chi connectivity index (χ0v) is 23.1. The molecule has 9 nitrogen and oxygen atoms in total. The first kappa shape index (κ1) is 30.0. The van der Waals surface area contributed by atoms with E-state index in [0.29, 0.717) is 24.2 Å². The highest BCUT2D eigenvalue weighted by Crippen LogP contribution is 2.22. The molecule has 0 aromatic heterocycles. The van der Waals surface area contributed by atoms with Gasteiger partial charge in [-0.15, -0.1) is 0 Å². The number of nitrogens with one attached hydrogen (secondary N) is 1. The molecular weight excluding hydrogens is 499 g/mol. The average Bonchev–Trinajstić information content (AvgIpc) is 2.87. The number of carbonyl (C=O) groups excluding carboxylic acids is 2. The third-order valence-electron chi connectivity index (χ3n) is 6.01.